The van der Waals surface area contributed by atoms with Gasteiger partial charge in [0.25, 0.3) is 0 Å². The Labute approximate surface area is 84.4 Å². The minimum absolute atomic E-state index is 0.0781. The highest BCUT2D eigenvalue weighted by Gasteiger charge is 2.26. The molecule has 1 aliphatic rings. The molecular formula is C12H15NO. The van der Waals surface area contributed by atoms with E-state index in [1.54, 1.807) is 0 Å². The molecule has 0 saturated heterocycles. The number of hydrogen-bond acceptors (Lipinski definition) is 2. The molecule has 2 rings (SSSR count). The number of Topliss-reactive ketones (excluding diaryl/α,β-unsaturated/α-hetero) is 1. The highest BCUT2D eigenvalue weighted by atomic mass is 16.1. The summed E-state index contributed by atoms with van der Waals surface area (Å²) >= 11 is 0. The number of aromatic nitrogens is 1. The molecule has 2 nitrogen and oxygen atoms in total. The Bertz CT molecular complexity index is 371. The van der Waals surface area contributed by atoms with Crippen LogP contribution in [0.4, 0.5) is 0 Å². The number of pyridine rings is 1. The number of carbonyl (C=O) groups excluding carboxylic acids is 1. The molecule has 1 aromatic rings. The van der Waals surface area contributed by atoms with Gasteiger partial charge in [-0.25, -0.2) is 0 Å². The van der Waals surface area contributed by atoms with Gasteiger partial charge in [-0.2, -0.15) is 0 Å². The van der Waals surface area contributed by atoms with E-state index in [1.807, 2.05) is 13.1 Å². The monoisotopic (exact) mass is 189 g/mol. The summed E-state index contributed by atoms with van der Waals surface area (Å²) in [4.78, 5) is 15.9. The van der Waals surface area contributed by atoms with Gasteiger partial charge in [-0.3, -0.25) is 9.78 Å². The first-order chi connectivity index (χ1) is 6.68. The van der Waals surface area contributed by atoms with Crippen molar-refractivity contribution in [3.05, 3.63) is 29.1 Å². The maximum Gasteiger partial charge on any atom is 0.141 e. The molecule has 1 fully saturated rings. The molecule has 14 heavy (non-hydrogen) atoms. The van der Waals surface area contributed by atoms with Gasteiger partial charge in [0.05, 0.1) is 11.6 Å². The number of hydrogen-bond donors (Lipinski definition) is 0. The molecule has 0 amide bonds. The topological polar surface area (TPSA) is 30.0 Å². The lowest BCUT2D eigenvalue weighted by molar-refractivity contribution is -0.118. The van der Waals surface area contributed by atoms with Gasteiger partial charge in [-0.05, 0) is 43.9 Å². The van der Waals surface area contributed by atoms with E-state index < -0.39 is 0 Å². The van der Waals surface area contributed by atoms with Crippen LogP contribution in [0.2, 0.25) is 0 Å². The summed E-state index contributed by atoms with van der Waals surface area (Å²) in [5.74, 6) is 0.440. The van der Waals surface area contributed by atoms with Crippen LogP contribution in [-0.4, -0.2) is 10.8 Å². The van der Waals surface area contributed by atoms with Crippen molar-refractivity contribution < 1.29 is 4.79 Å². The number of rotatable bonds is 1. The summed E-state index contributed by atoms with van der Waals surface area (Å²) in [5.41, 5.74) is 3.39. The third kappa shape index (κ3) is 1.57. The van der Waals surface area contributed by atoms with Crippen LogP contribution >= 0.6 is 0 Å². The fraction of sp³-hybridized carbons (Fsp3) is 0.500. The van der Waals surface area contributed by atoms with E-state index in [0.29, 0.717) is 5.78 Å². The molecule has 0 aliphatic heterocycles. The van der Waals surface area contributed by atoms with E-state index in [1.165, 1.54) is 11.1 Å². The summed E-state index contributed by atoms with van der Waals surface area (Å²) in [6.45, 7) is 4.11. The predicted molar refractivity (Wildman–Crippen MR) is 55.3 cm³/mol. The molecule has 1 aliphatic carbocycles. The van der Waals surface area contributed by atoms with Gasteiger partial charge >= 0.3 is 0 Å². The van der Waals surface area contributed by atoms with E-state index in [0.717, 1.165) is 25.0 Å². The van der Waals surface area contributed by atoms with Gasteiger partial charge in [0.2, 0.25) is 0 Å². The first kappa shape index (κ1) is 9.38. The normalized spacial score (nSPS) is 21.6. The highest BCUT2D eigenvalue weighted by Crippen LogP contribution is 2.30. The Kier molecular flexibility index (Phi) is 2.36. The summed E-state index contributed by atoms with van der Waals surface area (Å²) in [6, 6.07) is 2.06. The van der Waals surface area contributed by atoms with Crippen molar-refractivity contribution in [3.63, 3.8) is 0 Å². The van der Waals surface area contributed by atoms with Crippen molar-refractivity contribution in [2.24, 2.45) is 0 Å². The fourth-order valence-electron chi connectivity index (χ4n) is 1.97. The van der Waals surface area contributed by atoms with Crippen molar-refractivity contribution in [1.82, 2.24) is 4.98 Å². The SMILES string of the molecule is Cc1cnc(C2CCCC2=O)cc1C. The van der Waals surface area contributed by atoms with Crippen LogP contribution in [0.5, 0.6) is 0 Å². The molecule has 74 valence electrons. The van der Waals surface area contributed by atoms with Gasteiger partial charge in [0.15, 0.2) is 0 Å². The van der Waals surface area contributed by atoms with Crippen LogP contribution in [0.3, 0.4) is 0 Å². The van der Waals surface area contributed by atoms with Gasteiger partial charge in [-0.15, -0.1) is 0 Å². The minimum Gasteiger partial charge on any atom is -0.299 e. The Morgan fingerprint density at radius 2 is 2.14 bits per heavy atom. The number of carbonyl (C=O) groups is 1. The molecule has 1 heterocycles. The molecular weight excluding hydrogens is 174 g/mol. The minimum atomic E-state index is 0.0781. The standard InChI is InChI=1S/C12H15NO/c1-8-6-11(13-7-9(8)2)10-4-3-5-12(10)14/h6-7,10H,3-5H2,1-2H3. The van der Waals surface area contributed by atoms with Crippen LogP contribution in [-0.2, 0) is 4.79 Å². The predicted octanol–water partition coefficient (Wildman–Crippen LogP) is 2.54. The first-order valence-corrected chi connectivity index (χ1v) is 5.14. The molecule has 1 saturated carbocycles. The van der Waals surface area contributed by atoms with Gasteiger partial charge in [-0.1, -0.05) is 0 Å². The van der Waals surface area contributed by atoms with E-state index in [9.17, 15) is 4.79 Å². The van der Waals surface area contributed by atoms with Gasteiger partial charge in [0, 0.05) is 12.6 Å². The third-order valence-corrected chi connectivity index (χ3v) is 3.06. The Balaban J connectivity index is 2.32. The zero-order valence-electron chi connectivity index (χ0n) is 8.71. The van der Waals surface area contributed by atoms with Crippen LogP contribution in [0.15, 0.2) is 12.3 Å². The molecule has 2 heteroatoms. The van der Waals surface area contributed by atoms with Crippen molar-refractivity contribution >= 4 is 5.78 Å². The van der Waals surface area contributed by atoms with E-state index >= 15 is 0 Å². The van der Waals surface area contributed by atoms with Crippen molar-refractivity contribution in [2.75, 3.05) is 0 Å². The quantitative estimate of drug-likeness (QED) is 0.679. The van der Waals surface area contributed by atoms with Crippen molar-refractivity contribution in [1.29, 1.82) is 0 Å². The lowest BCUT2D eigenvalue weighted by Crippen LogP contribution is -2.06. The highest BCUT2D eigenvalue weighted by molar-refractivity contribution is 5.87. The van der Waals surface area contributed by atoms with E-state index in [2.05, 4.69) is 18.0 Å². The Morgan fingerprint density at radius 1 is 1.36 bits per heavy atom. The average molecular weight is 189 g/mol. The summed E-state index contributed by atoms with van der Waals surface area (Å²) in [6.07, 6.45) is 4.61. The molecule has 1 unspecified atom stereocenters. The van der Waals surface area contributed by atoms with E-state index in [4.69, 9.17) is 0 Å². The lowest BCUT2D eigenvalue weighted by Gasteiger charge is -2.09. The maximum absolute atomic E-state index is 11.5. The average Bonchev–Trinajstić information content (AvgIpc) is 2.57. The molecule has 1 atom stereocenters. The van der Waals surface area contributed by atoms with Crippen LogP contribution < -0.4 is 0 Å². The Morgan fingerprint density at radius 3 is 2.71 bits per heavy atom. The van der Waals surface area contributed by atoms with Crippen LogP contribution in [0.1, 0.15) is 42.0 Å². The smallest absolute Gasteiger partial charge is 0.141 e. The summed E-state index contributed by atoms with van der Waals surface area (Å²) in [7, 11) is 0. The van der Waals surface area contributed by atoms with Crippen molar-refractivity contribution in [3.8, 4) is 0 Å². The van der Waals surface area contributed by atoms with Gasteiger partial charge in [0.1, 0.15) is 5.78 Å². The molecule has 0 bridgehead atoms. The second-order valence-electron chi connectivity index (χ2n) is 4.10. The lowest BCUT2D eigenvalue weighted by atomic mass is 10.00. The largest absolute Gasteiger partial charge is 0.299 e. The number of nitrogens with zero attached hydrogens (tertiary/aromatic N) is 1. The molecule has 0 N–H and O–H groups in total. The maximum atomic E-state index is 11.5. The third-order valence-electron chi connectivity index (χ3n) is 3.06. The van der Waals surface area contributed by atoms with Crippen molar-refractivity contribution in [2.45, 2.75) is 39.0 Å². The zero-order valence-corrected chi connectivity index (χ0v) is 8.71. The second-order valence-corrected chi connectivity index (χ2v) is 4.10. The zero-order chi connectivity index (χ0) is 10.1. The van der Waals surface area contributed by atoms with Gasteiger partial charge < -0.3 is 0 Å². The Hall–Kier alpha value is -1.18. The number of ketones is 1. The van der Waals surface area contributed by atoms with E-state index in [-0.39, 0.29) is 5.92 Å². The molecule has 0 aromatic carbocycles. The number of aryl methyl sites for hydroxylation is 2. The second kappa shape index (κ2) is 3.52. The molecule has 0 spiro atoms. The fourth-order valence-corrected chi connectivity index (χ4v) is 1.97. The van der Waals surface area contributed by atoms with Crippen LogP contribution in [0, 0.1) is 13.8 Å². The molecule has 0 radical (unpaired) electrons. The molecule has 1 aromatic heterocycles. The summed E-state index contributed by atoms with van der Waals surface area (Å²) in [5, 5.41) is 0. The first-order valence-electron chi connectivity index (χ1n) is 5.14. The summed E-state index contributed by atoms with van der Waals surface area (Å²) < 4.78 is 0. The van der Waals surface area contributed by atoms with Crippen LogP contribution in [0.25, 0.3) is 0 Å².